The van der Waals surface area contributed by atoms with Crippen LogP contribution in [0.3, 0.4) is 0 Å². The fraction of sp³-hybridized carbons (Fsp3) is 0.353. The molecule has 2 atom stereocenters. The van der Waals surface area contributed by atoms with E-state index < -0.39 is 47.1 Å². The number of fused-ring (bicyclic) bond motifs is 2. The van der Waals surface area contributed by atoms with Gasteiger partial charge in [0.25, 0.3) is 5.91 Å². The van der Waals surface area contributed by atoms with E-state index >= 15 is 0 Å². The molecule has 6 rings (SSSR count). The Labute approximate surface area is 267 Å². The molecule has 0 unspecified atom stereocenters. The van der Waals surface area contributed by atoms with Gasteiger partial charge in [-0.05, 0) is 74.7 Å². The lowest BCUT2D eigenvalue weighted by atomic mass is 9.81. The summed E-state index contributed by atoms with van der Waals surface area (Å²) in [6.07, 6.45) is -1.52. The number of rotatable bonds is 10. The molecule has 2 aliphatic rings. The summed E-state index contributed by atoms with van der Waals surface area (Å²) in [6, 6.07) is 12.1. The molecule has 1 saturated carbocycles. The molecule has 1 aliphatic carbocycles. The predicted molar refractivity (Wildman–Crippen MR) is 163 cm³/mol. The number of nitrogens with zero attached hydrogens (tertiary/aromatic N) is 2. The number of benzene rings is 2. The van der Waals surface area contributed by atoms with Gasteiger partial charge in [0.15, 0.2) is 0 Å². The van der Waals surface area contributed by atoms with Gasteiger partial charge in [-0.1, -0.05) is 13.0 Å². The number of hydrogen-bond acceptors (Lipinski definition) is 7. The second-order valence-corrected chi connectivity index (χ2v) is 12.0. The summed E-state index contributed by atoms with van der Waals surface area (Å²) in [5, 5.41) is 17.0. The van der Waals surface area contributed by atoms with Crippen LogP contribution < -0.4 is 20.1 Å². The Bertz CT molecular complexity index is 1850. The summed E-state index contributed by atoms with van der Waals surface area (Å²) in [5.74, 6) is -1.61. The minimum absolute atomic E-state index is 0.00755. The molecule has 0 spiro atoms. The van der Waals surface area contributed by atoms with Crippen LogP contribution in [0.4, 0.5) is 17.6 Å². The van der Waals surface area contributed by atoms with E-state index in [4.69, 9.17) is 9.47 Å². The van der Waals surface area contributed by atoms with E-state index in [1.807, 2.05) is 6.92 Å². The zero-order chi connectivity index (χ0) is 33.6. The Balaban J connectivity index is 1.40. The first kappa shape index (κ1) is 32.2. The van der Waals surface area contributed by atoms with E-state index in [0.717, 1.165) is 31.0 Å². The maximum Gasteiger partial charge on any atom is 0.424 e. The van der Waals surface area contributed by atoms with Crippen molar-refractivity contribution in [2.75, 3.05) is 19.7 Å². The lowest BCUT2D eigenvalue weighted by Crippen LogP contribution is -2.52. The minimum atomic E-state index is -5.34. The van der Waals surface area contributed by atoms with E-state index in [-0.39, 0.29) is 40.8 Å². The SMILES string of the molecule is CCCNC(=O)[C@@]1(C)COc2c1cc([C@@](O)(CNC(=O)c1cc(OC3CC3)c3ncccc3c1)C(F)(F)F)nc2-c1ccc(F)cc1. The van der Waals surface area contributed by atoms with Crippen LogP contribution in [0.1, 0.15) is 54.7 Å². The molecular formula is C34H32F4N4O5. The van der Waals surface area contributed by atoms with Gasteiger partial charge in [0, 0.05) is 34.8 Å². The van der Waals surface area contributed by atoms with Gasteiger partial charge in [0.05, 0.1) is 18.3 Å². The quantitative estimate of drug-likeness (QED) is 0.198. The number of pyridine rings is 2. The number of nitrogens with one attached hydrogen (secondary N) is 2. The smallest absolute Gasteiger partial charge is 0.424 e. The van der Waals surface area contributed by atoms with Crippen LogP contribution in [0.5, 0.6) is 11.5 Å². The lowest BCUT2D eigenvalue weighted by molar-refractivity contribution is -0.265. The van der Waals surface area contributed by atoms with Crippen LogP contribution in [-0.2, 0) is 15.8 Å². The minimum Gasteiger partial charge on any atom is -0.489 e. The van der Waals surface area contributed by atoms with Gasteiger partial charge in [0.1, 0.15) is 40.5 Å². The molecule has 47 heavy (non-hydrogen) atoms. The zero-order valence-corrected chi connectivity index (χ0v) is 25.6. The number of hydrogen-bond donors (Lipinski definition) is 3. The van der Waals surface area contributed by atoms with Crippen molar-refractivity contribution in [1.29, 1.82) is 0 Å². The molecule has 13 heteroatoms. The van der Waals surface area contributed by atoms with Crippen molar-refractivity contribution in [1.82, 2.24) is 20.6 Å². The highest BCUT2D eigenvalue weighted by atomic mass is 19.4. The van der Waals surface area contributed by atoms with Crippen LogP contribution in [0.2, 0.25) is 0 Å². The Hall–Kier alpha value is -4.78. The maximum atomic E-state index is 14.9. The van der Waals surface area contributed by atoms with Crippen molar-refractivity contribution in [2.24, 2.45) is 0 Å². The summed E-state index contributed by atoms with van der Waals surface area (Å²) in [7, 11) is 0. The molecule has 9 nitrogen and oxygen atoms in total. The average molecular weight is 653 g/mol. The molecule has 3 N–H and O–H groups in total. The van der Waals surface area contributed by atoms with Crippen molar-refractivity contribution in [3.8, 4) is 22.8 Å². The molecular weight excluding hydrogens is 620 g/mol. The number of carbonyl (C=O) groups is 2. The molecule has 246 valence electrons. The number of carbonyl (C=O) groups excluding carboxylic acids is 2. The molecule has 2 amide bonds. The van der Waals surface area contributed by atoms with E-state index in [9.17, 15) is 32.3 Å². The Morgan fingerprint density at radius 2 is 1.85 bits per heavy atom. The zero-order valence-electron chi connectivity index (χ0n) is 25.6. The standard InChI is InChI=1S/C34H32F4N4O5/c1-3-12-40-31(44)32(2)18-46-29-24(32)16-26(42-28(29)19-6-8-22(35)9-7-19)33(45,34(36,37)38)17-41-30(43)21-14-20-5-4-13-39-27(20)25(15-21)47-23-10-11-23/h4-9,13-16,23,45H,3,10-12,17-18H2,1-2H3,(H,40,44)(H,41,43)/t32-,33-/m0/s1. The summed E-state index contributed by atoms with van der Waals surface area (Å²) in [5.41, 5.74) is -5.37. The van der Waals surface area contributed by atoms with Crippen LogP contribution in [0.15, 0.2) is 60.8 Å². The maximum absolute atomic E-state index is 14.9. The first-order valence-electron chi connectivity index (χ1n) is 15.2. The first-order valence-corrected chi connectivity index (χ1v) is 15.2. The van der Waals surface area contributed by atoms with Crippen LogP contribution in [0, 0.1) is 5.82 Å². The van der Waals surface area contributed by atoms with E-state index in [1.54, 1.807) is 18.3 Å². The van der Waals surface area contributed by atoms with Gasteiger partial charge < -0.3 is 25.2 Å². The molecule has 4 aromatic rings. The van der Waals surface area contributed by atoms with Gasteiger partial charge in [-0.15, -0.1) is 0 Å². The Morgan fingerprint density at radius 3 is 2.53 bits per heavy atom. The third-order valence-electron chi connectivity index (χ3n) is 8.37. The average Bonchev–Trinajstić information content (AvgIpc) is 3.81. The molecule has 0 bridgehead atoms. The fourth-order valence-electron chi connectivity index (χ4n) is 5.41. The molecule has 2 aromatic heterocycles. The lowest BCUT2D eigenvalue weighted by Gasteiger charge is -2.31. The van der Waals surface area contributed by atoms with Crippen LogP contribution in [-0.4, -0.2) is 58.9 Å². The molecule has 0 radical (unpaired) electrons. The van der Waals surface area contributed by atoms with Crippen LogP contribution in [0.25, 0.3) is 22.2 Å². The molecule has 3 heterocycles. The van der Waals surface area contributed by atoms with Crippen molar-refractivity contribution in [3.05, 3.63) is 83.4 Å². The monoisotopic (exact) mass is 652 g/mol. The molecule has 1 fully saturated rings. The third kappa shape index (κ3) is 6.07. The number of aliphatic hydroxyl groups is 1. The molecule has 0 saturated heterocycles. The van der Waals surface area contributed by atoms with Gasteiger partial charge in [-0.25, -0.2) is 9.37 Å². The third-order valence-corrected chi connectivity index (χ3v) is 8.37. The predicted octanol–water partition coefficient (Wildman–Crippen LogP) is 5.33. The van der Waals surface area contributed by atoms with Crippen molar-refractivity contribution >= 4 is 22.7 Å². The number of ether oxygens (including phenoxy) is 2. The summed E-state index contributed by atoms with van der Waals surface area (Å²) < 4.78 is 70.2. The highest BCUT2D eigenvalue weighted by Crippen LogP contribution is 2.48. The largest absolute Gasteiger partial charge is 0.489 e. The van der Waals surface area contributed by atoms with E-state index in [2.05, 4.69) is 20.6 Å². The summed E-state index contributed by atoms with van der Waals surface area (Å²) in [6.45, 7) is 2.17. The first-order chi connectivity index (χ1) is 22.3. The van der Waals surface area contributed by atoms with Gasteiger partial charge in [-0.3, -0.25) is 14.6 Å². The second kappa shape index (κ2) is 12.1. The van der Waals surface area contributed by atoms with Crippen molar-refractivity contribution < 1.29 is 41.7 Å². The highest BCUT2D eigenvalue weighted by molar-refractivity contribution is 6.00. The summed E-state index contributed by atoms with van der Waals surface area (Å²) in [4.78, 5) is 35.1. The topological polar surface area (TPSA) is 123 Å². The number of amides is 2. The van der Waals surface area contributed by atoms with Gasteiger partial charge in [0.2, 0.25) is 11.5 Å². The van der Waals surface area contributed by atoms with Crippen molar-refractivity contribution in [2.45, 2.75) is 56.4 Å². The summed E-state index contributed by atoms with van der Waals surface area (Å²) >= 11 is 0. The number of halogens is 4. The van der Waals surface area contributed by atoms with E-state index in [1.165, 1.54) is 31.2 Å². The second-order valence-electron chi connectivity index (χ2n) is 12.0. The van der Waals surface area contributed by atoms with E-state index in [0.29, 0.717) is 29.6 Å². The Kier molecular flexibility index (Phi) is 8.29. The molecule has 1 aliphatic heterocycles. The number of aromatic nitrogens is 2. The molecule has 2 aromatic carbocycles. The van der Waals surface area contributed by atoms with Crippen LogP contribution >= 0.6 is 0 Å². The van der Waals surface area contributed by atoms with Gasteiger partial charge >= 0.3 is 6.18 Å². The Morgan fingerprint density at radius 1 is 1.11 bits per heavy atom. The normalized spacial score (nSPS) is 18.6. The fourth-order valence-corrected chi connectivity index (χ4v) is 5.41. The highest BCUT2D eigenvalue weighted by Gasteiger charge is 2.58. The van der Waals surface area contributed by atoms with Crippen molar-refractivity contribution in [3.63, 3.8) is 0 Å². The number of alkyl halides is 3. The van der Waals surface area contributed by atoms with Gasteiger partial charge in [-0.2, -0.15) is 13.2 Å².